The first-order chi connectivity index (χ1) is 7.69. The molecule has 0 atom stereocenters. The molecule has 0 radical (unpaired) electrons. The lowest BCUT2D eigenvalue weighted by Gasteiger charge is -2.09. The van der Waals surface area contributed by atoms with Gasteiger partial charge in [0.05, 0.1) is 15.6 Å². The van der Waals surface area contributed by atoms with Crippen molar-refractivity contribution >= 4 is 37.9 Å². The van der Waals surface area contributed by atoms with Gasteiger partial charge in [0, 0.05) is 0 Å². The summed E-state index contributed by atoms with van der Waals surface area (Å²) in [6.07, 6.45) is 5.01. The average molecular weight is 349 g/mol. The summed E-state index contributed by atoms with van der Waals surface area (Å²) >= 11 is 6.99. The van der Waals surface area contributed by atoms with Crippen LogP contribution in [0.2, 0.25) is 0 Å². The standard InChI is InChI=1S/C12H15Br2NO/c1-2-16-12-10(13)7-9(8-11(12)14)5-3-4-6-15/h3,5,7-8H,2,4,6,15H2,1H3. The van der Waals surface area contributed by atoms with E-state index >= 15 is 0 Å². The summed E-state index contributed by atoms with van der Waals surface area (Å²) in [7, 11) is 0. The summed E-state index contributed by atoms with van der Waals surface area (Å²) in [4.78, 5) is 0. The van der Waals surface area contributed by atoms with Gasteiger partial charge in [0.2, 0.25) is 0 Å². The van der Waals surface area contributed by atoms with Crippen molar-refractivity contribution in [2.75, 3.05) is 13.2 Å². The van der Waals surface area contributed by atoms with Crippen LogP contribution in [0.25, 0.3) is 6.08 Å². The Kier molecular flexibility index (Phi) is 6.09. The molecule has 0 aliphatic carbocycles. The summed E-state index contributed by atoms with van der Waals surface area (Å²) in [5.74, 6) is 0.846. The maximum absolute atomic E-state index is 5.51. The number of hydrogen-bond acceptors (Lipinski definition) is 2. The molecule has 4 heteroatoms. The molecule has 0 saturated carbocycles. The zero-order valence-corrected chi connectivity index (χ0v) is 12.3. The topological polar surface area (TPSA) is 35.2 Å². The van der Waals surface area contributed by atoms with Gasteiger partial charge in [0.25, 0.3) is 0 Å². The van der Waals surface area contributed by atoms with E-state index in [2.05, 4.69) is 44.0 Å². The van der Waals surface area contributed by atoms with Gasteiger partial charge < -0.3 is 10.5 Å². The van der Waals surface area contributed by atoms with Gasteiger partial charge in [0.1, 0.15) is 5.75 Å². The van der Waals surface area contributed by atoms with E-state index in [1.807, 2.05) is 19.1 Å². The summed E-state index contributed by atoms with van der Waals surface area (Å²) in [6, 6.07) is 4.06. The Hall–Kier alpha value is -0.320. The third-order valence-corrected chi connectivity index (χ3v) is 3.13. The Morgan fingerprint density at radius 1 is 1.31 bits per heavy atom. The summed E-state index contributed by atoms with van der Waals surface area (Å²) in [6.45, 7) is 3.30. The van der Waals surface area contributed by atoms with E-state index in [1.165, 1.54) is 0 Å². The monoisotopic (exact) mass is 347 g/mol. The quantitative estimate of drug-likeness (QED) is 0.873. The predicted octanol–water partition coefficient (Wildman–Crippen LogP) is 3.97. The van der Waals surface area contributed by atoms with Crippen LogP contribution in [0.1, 0.15) is 18.9 Å². The van der Waals surface area contributed by atoms with Crippen molar-refractivity contribution in [2.24, 2.45) is 5.73 Å². The number of nitrogens with two attached hydrogens (primary N) is 1. The van der Waals surface area contributed by atoms with E-state index in [-0.39, 0.29) is 0 Å². The molecule has 88 valence electrons. The molecule has 0 saturated heterocycles. The van der Waals surface area contributed by atoms with E-state index in [0.29, 0.717) is 13.2 Å². The van der Waals surface area contributed by atoms with E-state index in [0.717, 1.165) is 26.7 Å². The largest absolute Gasteiger partial charge is 0.492 e. The molecular formula is C12H15Br2NO. The van der Waals surface area contributed by atoms with E-state index in [4.69, 9.17) is 10.5 Å². The van der Waals surface area contributed by atoms with Crippen LogP contribution >= 0.6 is 31.9 Å². The molecule has 2 nitrogen and oxygen atoms in total. The molecule has 0 bridgehead atoms. The minimum atomic E-state index is 0.652. The van der Waals surface area contributed by atoms with E-state index in [9.17, 15) is 0 Å². The highest BCUT2D eigenvalue weighted by molar-refractivity contribution is 9.11. The fraction of sp³-hybridized carbons (Fsp3) is 0.333. The van der Waals surface area contributed by atoms with Crippen molar-refractivity contribution in [1.29, 1.82) is 0 Å². The SMILES string of the molecule is CCOc1c(Br)cc(C=CCCN)cc1Br. The van der Waals surface area contributed by atoms with Crippen molar-refractivity contribution in [3.05, 3.63) is 32.7 Å². The maximum atomic E-state index is 5.51. The Morgan fingerprint density at radius 2 is 1.94 bits per heavy atom. The van der Waals surface area contributed by atoms with E-state index in [1.54, 1.807) is 0 Å². The molecule has 0 amide bonds. The van der Waals surface area contributed by atoms with Crippen molar-refractivity contribution in [1.82, 2.24) is 0 Å². The predicted molar refractivity (Wildman–Crippen MR) is 75.7 cm³/mol. The molecule has 0 heterocycles. The van der Waals surface area contributed by atoms with Gasteiger partial charge in [-0.15, -0.1) is 0 Å². The van der Waals surface area contributed by atoms with Gasteiger partial charge in [-0.2, -0.15) is 0 Å². The maximum Gasteiger partial charge on any atom is 0.147 e. The minimum Gasteiger partial charge on any atom is -0.492 e. The Balaban J connectivity index is 2.91. The molecule has 0 aliphatic heterocycles. The van der Waals surface area contributed by atoms with Crippen molar-refractivity contribution in [3.8, 4) is 5.75 Å². The number of ether oxygens (including phenoxy) is 1. The number of benzene rings is 1. The summed E-state index contributed by atoms with van der Waals surface area (Å²) in [5, 5.41) is 0. The lowest BCUT2D eigenvalue weighted by molar-refractivity contribution is 0.336. The molecule has 2 N–H and O–H groups in total. The number of halogens is 2. The molecule has 0 aliphatic rings. The molecule has 16 heavy (non-hydrogen) atoms. The summed E-state index contributed by atoms with van der Waals surface area (Å²) in [5.41, 5.74) is 6.55. The van der Waals surface area contributed by atoms with Crippen LogP contribution in [0.15, 0.2) is 27.2 Å². The first kappa shape index (κ1) is 13.7. The lowest BCUT2D eigenvalue weighted by Crippen LogP contribution is -1.95. The van der Waals surface area contributed by atoms with Crippen LogP contribution in [0.3, 0.4) is 0 Å². The van der Waals surface area contributed by atoms with Gasteiger partial charge in [-0.05, 0) is 69.4 Å². The first-order valence-corrected chi connectivity index (χ1v) is 6.76. The second-order valence-corrected chi connectivity index (χ2v) is 4.94. The Labute approximate surface area is 113 Å². The highest BCUT2D eigenvalue weighted by atomic mass is 79.9. The second-order valence-electron chi connectivity index (χ2n) is 3.23. The van der Waals surface area contributed by atoms with E-state index < -0.39 is 0 Å². The highest BCUT2D eigenvalue weighted by Crippen LogP contribution is 2.35. The van der Waals surface area contributed by atoms with Crippen LogP contribution in [0.4, 0.5) is 0 Å². The third-order valence-electron chi connectivity index (χ3n) is 1.95. The minimum absolute atomic E-state index is 0.652. The lowest BCUT2D eigenvalue weighted by atomic mass is 10.2. The van der Waals surface area contributed by atoms with Crippen molar-refractivity contribution in [2.45, 2.75) is 13.3 Å². The molecule has 1 rings (SSSR count). The molecular weight excluding hydrogens is 334 g/mol. The summed E-state index contributed by atoms with van der Waals surface area (Å²) < 4.78 is 7.42. The van der Waals surface area contributed by atoms with Crippen LogP contribution in [-0.4, -0.2) is 13.2 Å². The zero-order chi connectivity index (χ0) is 12.0. The third kappa shape index (κ3) is 3.92. The number of rotatable bonds is 5. The van der Waals surface area contributed by atoms with Crippen LogP contribution < -0.4 is 10.5 Å². The first-order valence-electron chi connectivity index (χ1n) is 5.17. The smallest absolute Gasteiger partial charge is 0.147 e. The Bertz CT molecular complexity index is 354. The van der Waals surface area contributed by atoms with Gasteiger partial charge in [-0.3, -0.25) is 0 Å². The average Bonchev–Trinajstić information content (AvgIpc) is 2.24. The Morgan fingerprint density at radius 3 is 2.44 bits per heavy atom. The van der Waals surface area contributed by atoms with Gasteiger partial charge >= 0.3 is 0 Å². The van der Waals surface area contributed by atoms with Crippen LogP contribution in [-0.2, 0) is 0 Å². The second kappa shape index (κ2) is 7.09. The van der Waals surface area contributed by atoms with Gasteiger partial charge in [-0.25, -0.2) is 0 Å². The molecule has 0 spiro atoms. The fourth-order valence-corrected chi connectivity index (χ4v) is 2.72. The van der Waals surface area contributed by atoms with Crippen molar-refractivity contribution < 1.29 is 4.74 Å². The van der Waals surface area contributed by atoms with Crippen molar-refractivity contribution in [3.63, 3.8) is 0 Å². The molecule has 0 aromatic heterocycles. The molecule has 0 unspecified atom stereocenters. The molecule has 1 aromatic rings. The van der Waals surface area contributed by atoms with Crippen LogP contribution in [0.5, 0.6) is 5.75 Å². The normalized spacial score (nSPS) is 11.0. The molecule has 0 fully saturated rings. The van der Waals surface area contributed by atoms with Gasteiger partial charge in [-0.1, -0.05) is 12.2 Å². The highest BCUT2D eigenvalue weighted by Gasteiger charge is 2.06. The number of hydrogen-bond donors (Lipinski definition) is 1. The fourth-order valence-electron chi connectivity index (χ4n) is 1.27. The van der Waals surface area contributed by atoms with Crippen LogP contribution in [0, 0.1) is 0 Å². The van der Waals surface area contributed by atoms with Gasteiger partial charge in [0.15, 0.2) is 0 Å². The zero-order valence-electron chi connectivity index (χ0n) is 9.17. The molecule has 1 aromatic carbocycles.